The molecule has 0 atom stereocenters. The van der Waals surface area contributed by atoms with Crippen molar-refractivity contribution >= 4 is 16.7 Å². The summed E-state index contributed by atoms with van der Waals surface area (Å²) in [5, 5.41) is 1.31. The highest BCUT2D eigenvalue weighted by Gasteiger charge is 2.23. The third-order valence-electron chi connectivity index (χ3n) is 6.38. The van der Waals surface area contributed by atoms with Gasteiger partial charge in [0.15, 0.2) is 0 Å². The molecule has 2 aromatic rings. The van der Waals surface area contributed by atoms with Crippen LogP contribution in [-0.2, 0) is 18.2 Å². The molecule has 4 rings (SSSR count). The lowest BCUT2D eigenvalue weighted by Gasteiger charge is -2.37. The molecule has 2 aliphatic rings. The van der Waals surface area contributed by atoms with E-state index in [0.717, 1.165) is 71.1 Å². The summed E-state index contributed by atoms with van der Waals surface area (Å²) in [6.07, 6.45) is 1.07. The number of hydrogen-bond acceptors (Lipinski definition) is 5. The van der Waals surface area contributed by atoms with E-state index < -0.39 is 0 Å². The highest BCUT2D eigenvalue weighted by atomic mass is 16.5. The standard InChI is InChI=1S/C22H35N5O/c1-17(2)26-7-9-27(10-8-26)22-20-16-19(5-6-25-11-13-28-14-12-25)24(4)21(20)15-18(3)23-22/h15-17H,5-14H2,1-4H3. The van der Waals surface area contributed by atoms with Crippen molar-refractivity contribution in [1.29, 1.82) is 0 Å². The first-order valence-electron chi connectivity index (χ1n) is 10.8. The minimum Gasteiger partial charge on any atom is -0.379 e. The molecule has 0 aromatic carbocycles. The van der Waals surface area contributed by atoms with Crippen molar-refractivity contribution in [3.63, 3.8) is 0 Å². The van der Waals surface area contributed by atoms with Gasteiger partial charge in [-0.15, -0.1) is 0 Å². The Hall–Kier alpha value is -1.63. The first-order valence-corrected chi connectivity index (χ1v) is 10.8. The Bertz CT molecular complexity index is 801. The fourth-order valence-electron chi connectivity index (χ4n) is 4.51. The maximum absolute atomic E-state index is 5.48. The monoisotopic (exact) mass is 385 g/mol. The number of aromatic nitrogens is 2. The van der Waals surface area contributed by atoms with Crippen molar-refractivity contribution in [2.45, 2.75) is 33.2 Å². The zero-order valence-electron chi connectivity index (χ0n) is 17.9. The minimum atomic E-state index is 0.621. The topological polar surface area (TPSA) is 36.8 Å². The lowest BCUT2D eigenvalue weighted by atomic mass is 10.2. The second kappa shape index (κ2) is 8.39. The summed E-state index contributed by atoms with van der Waals surface area (Å²) in [7, 11) is 2.21. The Morgan fingerprint density at radius 2 is 1.75 bits per heavy atom. The number of anilines is 1. The van der Waals surface area contributed by atoms with E-state index in [2.05, 4.69) is 59.2 Å². The second-order valence-electron chi connectivity index (χ2n) is 8.54. The maximum Gasteiger partial charge on any atom is 0.138 e. The Balaban J connectivity index is 1.55. The van der Waals surface area contributed by atoms with Crippen molar-refractivity contribution < 1.29 is 4.74 Å². The SMILES string of the molecule is Cc1cc2c(cc(CCN3CCOCC3)n2C)c(N2CCN(C(C)C)CC2)n1. The Morgan fingerprint density at radius 1 is 1.04 bits per heavy atom. The summed E-state index contributed by atoms with van der Waals surface area (Å²) >= 11 is 0. The van der Waals surface area contributed by atoms with Gasteiger partial charge >= 0.3 is 0 Å². The highest BCUT2D eigenvalue weighted by molar-refractivity contribution is 5.92. The Morgan fingerprint density at radius 3 is 2.43 bits per heavy atom. The lowest BCUT2D eigenvalue weighted by molar-refractivity contribution is 0.0383. The summed E-state index contributed by atoms with van der Waals surface area (Å²) in [6.45, 7) is 16.0. The third kappa shape index (κ3) is 4.04. The molecular weight excluding hydrogens is 350 g/mol. The number of fused-ring (bicyclic) bond motifs is 1. The molecule has 0 unspecified atom stereocenters. The lowest BCUT2D eigenvalue weighted by Crippen LogP contribution is -2.49. The van der Waals surface area contributed by atoms with E-state index in [1.807, 2.05) is 0 Å². The van der Waals surface area contributed by atoms with Crippen LogP contribution in [-0.4, -0.2) is 84.4 Å². The molecular formula is C22H35N5O. The van der Waals surface area contributed by atoms with Gasteiger partial charge in [-0.3, -0.25) is 9.80 Å². The number of ether oxygens (including phenoxy) is 1. The number of morpholine rings is 1. The third-order valence-corrected chi connectivity index (χ3v) is 6.38. The van der Waals surface area contributed by atoms with Crippen LogP contribution in [0.3, 0.4) is 0 Å². The molecule has 2 saturated heterocycles. The number of piperazine rings is 1. The van der Waals surface area contributed by atoms with E-state index in [0.29, 0.717) is 6.04 Å². The first-order chi connectivity index (χ1) is 13.5. The van der Waals surface area contributed by atoms with Gasteiger partial charge < -0.3 is 14.2 Å². The predicted molar refractivity (Wildman–Crippen MR) is 115 cm³/mol. The van der Waals surface area contributed by atoms with Crippen LogP contribution in [0.1, 0.15) is 25.2 Å². The van der Waals surface area contributed by atoms with Gasteiger partial charge in [-0.05, 0) is 32.9 Å². The number of pyridine rings is 1. The summed E-state index contributed by atoms with van der Waals surface area (Å²) in [5.41, 5.74) is 3.82. The van der Waals surface area contributed by atoms with E-state index in [9.17, 15) is 0 Å². The van der Waals surface area contributed by atoms with Gasteiger partial charge in [-0.25, -0.2) is 4.98 Å². The second-order valence-corrected chi connectivity index (χ2v) is 8.54. The largest absolute Gasteiger partial charge is 0.379 e. The van der Waals surface area contributed by atoms with Crippen molar-refractivity contribution in [2.75, 3.05) is 63.9 Å². The highest BCUT2D eigenvalue weighted by Crippen LogP contribution is 2.29. The normalized spacial score (nSPS) is 19.8. The van der Waals surface area contributed by atoms with Gasteiger partial charge in [0.25, 0.3) is 0 Å². The summed E-state index contributed by atoms with van der Waals surface area (Å²) in [6, 6.07) is 5.24. The van der Waals surface area contributed by atoms with Crippen LogP contribution < -0.4 is 4.90 Å². The predicted octanol–water partition coefficient (Wildman–Crippen LogP) is 2.29. The van der Waals surface area contributed by atoms with Crippen LogP contribution in [0.4, 0.5) is 5.82 Å². The summed E-state index contributed by atoms with van der Waals surface area (Å²) < 4.78 is 7.85. The zero-order chi connectivity index (χ0) is 19.7. The molecule has 0 spiro atoms. The number of nitrogens with zero attached hydrogens (tertiary/aromatic N) is 5. The molecule has 4 heterocycles. The van der Waals surface area contributed by atoms with Crippen LogP contribution >= 0.6 is 0 Å². The van der Waals surface area contributed by atoms with Crippen molar-refractivity contribution in [3.8, 4) is 0 Å². The van der Waals surface area contributed by atoms with Gasteiger partial charge in [-0.2, -0.15) is 0 Å². The molecule has 28 heavy (non-hydrogen) atoms. The molecule has 2 aromatic heterocycles. The fourth-order valence-corrected chi connectivity index (χ4v) is 4.51. The maximum atomic E-state index is 5.48. The molecule has 6 heteroatoms. The van der Waals surface area contributed by atoms with E-state index >= 15 is 0 Å². The van der Waals surface area contributed by atoms with Crippen molar-refractivity contribution in [3.05, 3.63) is 23.5 Å². The summed E-state index contributed by atoms with van der Waals surface area (Å²) in [4.78, 5) is 12.5. The van der Waals surface area contributed by atoms with Crippen LogP contribution in [0, 0.1) is 6.92 Å². The minimum absolute atomic E-state index is 0.621. The molecule has 0 N–H and O–H groups in total. The zero-order valence-corrected chi connectivity index (χ0v) is 17.9. The molecule has 0 amide bonds. The van der Waals surface area contributed by atoms with E-state index in [1.54, 1.807) is 0 Å². The number of aryl methyl sites for hydroxylation is 2. The molecule has 0 aliphatic carbocycles. The quantitative estimate of drug-likeness (QED) is 0.789. The number of rotatable bonds is 5. The van der Waals surface area contributed by atoms with Crippen LogP contribution in [0.2, 0.25) is 0 Å². The van der Waals surface area contributed by atoms with E-state index in [4.69, 9.17) is 9.72 Å². The summed E-state index contributed by atoms with van der Waals surface area (Å²) in [5.74, 6) is 1.17. The smallest absolute Gasteiger partial charge is 0.138 e. The Labute approximate surface area is 169 Å². The Kier molecular flexibility index (Phi) is 5.90. The van der Waals surface area contributed by atoms with E-state index in [-0.39, 0.29) is 0 Å². The average Bonchev–Trinajstić information content (AvgIpc) is 3.02. The van der Waals surface area contributed by atoms with Crippen LogP contribution in [0.5, 0.6) is 0 Å². The first kappa shape index (κ1) is 19.7. The van der Waals surface area contributed by atoms with Gasteiger partial charge in [0.2, 0.25) is 0 Å². The van der Waals surface area contributed by atoms with Crippen LogP contribution in [0.25, 0.3) is 10.9 Å². The van der Waals surface area contributed by atoms with Gasteiger partial charge in [0.05, 0.1) is 18.7 Å². The van der Waals surface area contributed by atoms with E-state index in [1.165, 1.54) is 22.4 Å². The average molecular weight is 386 g/mol. The molecule has 0 radical (unpaired) electrons. The van der Waals surface area contributed by atoms with Gasteiger partial charge in [-0.1, -0.05) is 0 Å². The van der Waals surface area contributed by atoms with Crippen molar-refractivity contribution in [2.24, 2.45) is 7.05 Å². The van der Waals surface area contributed by atoms with Crippen LogP contribution in [0.15, 0.2) is 12.1 Å². The molecule has 2 aliphatic heterocycles. The number of hydrogen-bond donors (Lipinski definition) is 0. The molecule has 0 saturated carbocycles. The van der Waals surface area contributed by atoms with Crippen molar-refractivity contribution in [1.82, 2.24) is 19.4 Å². The molecule has 154 valence electrons. The van der Waals surface area contributed by atoms with Gasteiger partial charge in [0.1, 0.15) is 5.82 Å². The molecule has 0 bridgehead atoms. The molecule has 2 fully saturated rings. The fraction of sp³-hybridized carbons (Fsp3) is 0.682. The molecule has 6 nitrogen and oxygen atoms in total. The van der Waals surface area contributed by atoms with Gasteiger partial charge in [0, 0.05) is 82.1 Å².